The third-order valence-corrected chi connectivity index (χ3v) is 3.30. The number of fused-ring (bicyclic) bond motifs is 1. The standard InChI is InChI=1S/C15H12ClN3O2/c16-10-3-6-13-12(7-10)14(21)19-15(18-13)17-11-4-1-9(8-20)2-5-11/h1-7,20H,8H2,(H2,17,18,19,21). The normalized spacial score (nSPS) is 10.8. The van der Waals surface area contributed by atoms with Gasteiger partial charge in [0.15, 0.2) is 0 Å². The second-order valence-electron chi connectivity index (χ2n) is 4.56. The maximum Gasteiger partial charge on any atom is 0.260 e. The van der Waals surface area contributed by atoms with Crippen LogP contribution >= 0.6 is 11.6 Å². The van der Waals surface area contributed by atoms with Crippen LogP contribution in [0.3, 0.4) is 0 Å². The predicted molar refractivity (Wildman–Crippen MR) is 83.0 cm³/mol. The molecule has 0 radical (unpaired) electrons. The average Bonchev–Trinajstić information content (AvgIpc) is 2.49. The lowest BCUT2D eigenvalue weighted by Crippen LogP contribution is -2.11. The van der Waals surface area contributed by atoms with Gasteiger partial charge in [-0.2, -0.15) is 0 Å². The maximum absolute atomic E-state index is 12.0. The number of nitrogens with zero attached hydrogens (tertiary/aromatic N) is 1. The Bertz CT molecular complexity index is 844. The van der Waals surface area contributed by atoms with Gasteiger partial charge in [-0.05, 0) is 35.9 Å². The van der Waals surface area contributed by atoms with Crippen LogP contribution in [0.1, 0.15) is 5.56 Å². The Morgan fingerprint density at radius 3 is 2.67 bits per heavy atom. The quantitative estimate of drug-likeness (QED) is 0.695. The van der Waals surface area contributed by atoms with Crippen molar-refractivity contribution in [3.63, 3.8) is 0 Å². The zero-order chi connectivity index (χ0) is 14.8. The summed E-state index contributed by atoms with van der Waals surface area (Å²) >= 11 is 5.87. The number of nitrogens with one attached hydrogen (secondary N) is 2. The first-order chi connectivity index (χ1) is 10.2. The van der Waals surface area contributed by atoms with Crippen LogP contribution in [0.2, 0.25) is 5.02 Å². The van der Waals surface area contributed by atoms with E-state index in [2.05, 4.69) is 15.3 Å². The summed E-state index contributed by atoms with van der Waals surface area (Å²) in [7, 11) is 0. The Labute approximate surface area is 125 Å². The monoisotopic (exact) mass is 301 g/mol. The van der Waals surface area contributed by atoms with E-state index in [1.165, 1.54) is 0 Å². The van der Waals surface area contributed by atoms with Crippen molar-refractivity contribution in [1.29, 1.82) is 0 Å². The van der Waals surface area contributed by atoms with Crippen molar-refractivity contribution in [2.75, 3.05) is 5.32 Å². The molecule has 0 saturated heterocycles. The van der Waals surface area contributed by atoms with Gasteiger partial charge in [0.25, 0.3) is 5.56 Å². The highest BCUT2D eigenvalue weighted by Crippen LogP contribution is 2.17. The van der Waals surface area contributed by atoms with E-state index in [4.69, 9.17) is 16.7 Å². The van der Waals surface area contributed by atoms with Gasteiger partial charge in [-0.25, -0.2) is 4.98 Å². The van der Waals surface area contributed by atoms with Gasteiger partial charge in [-0.15, -0.1) is 0 Å². The highest BCUT2D eigenvalue weighted by molar-refractivity contribution is 6.31. The van der Waals surface area contributed by atoms with Crippen LogP contribution in [0.5, 0.6) is 0 Å². The molecule has 1 aromatic heterocycles. The lowest BCUT2D eigenvalue weighted by molar-refractivity contribution is 0.282. The molecule has 0 aliphatic carbocycles. The summed E-state index contributed by atoms with van der Waals surface area (Å²) in [5.74, 6) is 0.353. The van der Waals surface area contributed by atoms with Gasteiger partial charge < -0.3 is 10.4 Å². The number of hydrogen-bond donors (Lipinski definition) is 3. The highest BCUT2D eigenvalue weighted by Gasteiger charge is 2.05. The Morgan fingerprint density at radius 2 is 1.95 bits per heavy atom. The van der Waals surface area contributed by atoms with Crippen LogP contribution in [-0.4, -0.2) is 15.1 Å². The number of halogens is 1. The molecule has 1 heterocycles. The Hall–Kier alpha value is -2.37. The van der Waals surface area contributed by atoms with Crippen molar-refractivity contribution in [1.82, 2.24) is 9.97 Å². The van der Waals surface area contributed by atoms with Gasteiger partial charge in [0, 0.05) is 10.7 Å². The van der Waals surface area contributed by atoms with Gasteiger partial charge in [-0.1, -0.05) is 23.7 Å². The summed E-state index contributed by atoms with van der Waals surface area (Å²) in [5.41, 5.74) is 1.90. The Kier molecular flexibility index (Phi) is 3.60. The summed E-state index contributed by atoms with van der Waals surface area (Å²) in [4.78, 5) is 19.0. The second-order valence-corrected chi connectivity index (χ2v) is 4.99. The van der Waals surface area contributed by atoms with Crippen molar-refractivity contribution in [3.8, 4) is 0 Å². The van der Waals surface area contributed by atoms with E-state index in [0.717, 1.165) is 11.3 Å². The van der Waals surface area contributed by atoms with E-state index in [0.29, 0.717) is 21.9 Å². The van der Waals surface area contributed by atoms with Gasteiger partial charge in [0.1, 0.15) is 0 Å². The van der Waals surface area contributed by atoms with Gasteiger partial charge in [-0.3, -0.25) is 9.78 Å². The second kappa shape index (κ2) is 5.55. The summed E-state index contributed by atoms with van der Waals surface area (Å²) in [6, 6.07) is 12.2. The van der Waals surface area contributed by atoms with E-state index in [9.17, 15) is 4.79 Å². The number of aliphatic hydroxyl groups excluding tert-OH is 1. The van der Waals surface area contributed by atoms with Crippen molar-refractivity contribution >= 4 is 34.1 Å². The predicted octanol–water partition coefficient (Wildman–Crippen LogP) is 2.81. The molecule has 2 aromatic carbocycles. The van der Waals surface area contributed by atoms with E-state index in [1.54, 1.807) is 42.5 Å². The van der Waals surface area contributed by atoms with Crippen LogP contribution in [0.15, 0.2) is 47.3 Å². The van der Waals surface area contributed by atoms with Crippen molar-refractivity contribution in [3.05, 3.63) is 63.4 Å². The van der Waals surface area contributed by atoms with E-state index >= 15 is 0 Å². The molecule has 3 aromatic rings. The zero-order valence-corrected chi connectivity index (χ0v) is 11.7. The summed E-state index contributed by atoms with van der Waals surface area (Å²) in [5, 5.41) is 13.0. The molecule has 0 atom stereocenters. The lowest BCUT2D eigenvalue weighted by atomic mass is 10.2. The van der Waals surface area contributed by atoms with E-state index in [-0.39, 0.29) is 12.2 Å². The molecule has 0 unspecified atom stereocenters. The molecule has 0 saturated carbocycles. The van der Waals surface area contributed by atoms with Gasteiger partial charge >= 0.3 is 0 Å². The summed E-state index contributed by atoms with van der Waals surface area (Å²) < 4.78 is 0. The Morgan fingerprint density at radius 1 is 1.19 bits per heavy atom. The number of benzene rings is 2. The minimum Gasteiger partial charge on any atom is -0.392 e. The molecule has 5 nitrogen and oxygen atoms in total. The number of hydrogen-bond acceptors (Lipinski definition) is 4. The zero-order valence-electron chi connectivity index (χ0n) is 10.9. The molecule has 6 heteroatoms. The fraction of sp³-hybridized carbons (Fsp3) is 0.0667. The number of H-pyrrole nitrogens is 1. The first kappa shape index (κ1) is 13.6. The lowest BCUT2D eigenvalue weighted by Gasteiger charge is -2.07. The molecule has 0 amide bonds. The van der Waals surface area contributed by atoms with E-state index in [1.807, 2.05) is 0 Å². The molecule has 0 spiro atoms. The number of aromatic amines is 1. The number of rotatable bonds is 3. The fourth-order valence-corrected chi connectivity index (χ4v) is 2.17. The molecule has 0 bridgehead atoms. The molecule has 0 aliphatic rings. The van der Waals surface area contributed by atoms with Gasteiger partial charge in [0.05, 0.1) is 17.5 Å². The largest absolute Gasteiger partial charge is 0.392 e. The third kappa shape index (κ3) is 2.89. The first-order valence-corrected chi connectivity index (χ1v) is 6.70. The molecule has 3 N–H and O–H groups in total. The van der Waals surface area contributed by atoms with Crippen molar-refractivity contribution in [2.24, 2.45) is 0 Å². The Balaban J connectivity index is 1.97. The molecule has 0 fully saturated rings. The number of aliphatic hydroxyl groups is 1. The van der Waals surface area contributed by atoms with Crippen LogP contribution in [0.25, 0.3) is 10.9 Å². The summed E-state index contributed by atoms with van der Waals surface area (Å²) in [6.07, 6.45) is 0. The van der Waals surface area contributed by atoms with Gasteiger partial charge in [0.2, 0.25) is 5.95 Å². The number of anilines is 2. The van der Waals surface area contributed by atoms with Crippen LogP contribution in [-0.2, 0) is 6.61 Å². The van der Waals surface area contributed by atoms with Crippen LogP contribution in [0.4, 0.5) is 11.6 Å². The highest BCUT2D eigenvalue weighted by atomic mass is 35.5. The maximum atomic E-state index is 12.0. The topological polar surface area (TPSA) is 78.0 Å². The van der Waals surface area contributed by atoms with E-state index < -0.39 is 0 Å². The van der Waals surface area contributed by atoms with Crippen molar-refractivity contribution < 1.29 is 5.11 Å². The summed E-state index contributed by atoms with van der Waals surface area (Å²) in [6.45, 7) is -0.00784. The van der Waals surface area contributed by atoms with Crippen molar-refractivity contribution in [2.45, 2.75) is 6.61 Å². The third-order valence-electron chi connectivity index (χ3n) is 3.07. The molecular formula is C15H12ClN3O2. The average molecular weight is 302 g/mol. The fourth-order valence-electron chi connectivity index (χ4n) is 2.00. The van der Waals surface area contributed by atoms with Crippen LogP contribution in [0, 0.1) is 0 Å². The number of aromatic nitrogens is 2. The SMILES string of the molecule is O=c1[nH]c(Nc2ccc(CO)cc2)nc2ccc(Cl)cc12. The molecule has 3 rings (SSSR count). The molecule has 0 aliphatic heterocycles. The minimum atomic E-state index is -0.253. The molecule has 106 valence electrons. The molecule has 21 heavy (non-hydrogen) atoms. The molecular weight excluding hydrogens is 290 g/mol. The minimum absolute atomic E-state index is 0.00784. The smallest absolute Gasteiger partial charge is 0.260 e. The first-order valence-electron chi connectivity index (χ1n) is 6.32. The van der Waals surface area contributed by atoms with Crippen LogP contribution < -0.4 is 10.9 Å².